The van der Waals surface area contributed by atoms with Crippen LogP contribution in [0, 0.1) is 0 Å². The lowest BCUT2D eigenvalue weighted by atomic mass is 10.1. The molecule has 0 amide bonds. The van der Waals surface area contributed by atoms with Crippen molar-refractivity contribution in [3.63, 3.8) is 0 Å². The standard InChI is InChI=1S/C19H20Cl2O3/c1-3-14-13-17(9-10-18(14)23-12-11-19(20)21)24-16-7-5-15(6-8-16)22-4-2/h5-11,13H,3-4,12H2,1-2H3. The molecular formula is C19H20Cl2O3. The van der Waals surface area contributed by atoms with Crippen LogP contribution in [0.15, 0.2) is 53.0 Å². The molecular weight excluding hydrogens is 347 g/mol. The molecule has 128 valence electrons. The third-order valence-electron chi connectivity index (χ3n) is 3.26. The van der Waals surface area contributed by atoms with E-state index in [1.165, 1.54) is 0 Å². The summed E-state index contributed by atoms with van der Waals surface area (Å²) in [5.74, 6) is 3.14. The fraction of sp³-hybridized carbons (Fsp3) is 0.263. The summed E-state index contributed by atoms with van der Waals surface area (Å²) in [6.45, 7) is 4.99. The highest BCUT2D eigenvalue weighted by Crippen LogP contribution is 2.29. The monoisotopic (exact) mass is 366 g/mol. The quantitative estimate of drug-likeness (QED) is 0.561. The van der Waals surface area contributed by atoms with Crippen LogP contribution in [0.4, 0.5) is 0 Å². The van der Waals surface area contributed by atoms with Crippen LogP contribution < -0.4 is 14.2 Å². The second-order valence-corrected chi connectivity index (χ2v) is 5.94. The SMILES string of the molecule is CCOc1ccc(Oc2ccc(OCC=C(Cl)Cl)c(CC)c2)cc1. The first-order chi connectivity index (χ1) is 11.6. The second-order valence-electron chi connectivity index (χ2n) is 4.93. The molecule has 0 radical (unpaired) electrons. The van der Waals surface area contributed by atoms with Gasteiger partial charge in [0.15, 0.2) is 0 Å². The minimum atomic E-state index is 0.198. The Morgan fingerprint density at radius 1 is 0.917 bits per heavy atom. The van der Waals surface area contributed by atoms with Crippen molar-refractivity contribution in [3.8, 4) is 23.0 Å². The zero-order valence-corrected chi connectivity index (χ0v) is 15.2. The average molecular weight is 367 g/mol. The largest absolute Gasteiger partial charge is 0.494 e. The van der Waals surface area contributed by atoms with Gasteiger partial charge in [-0.1, -0.05) is 30.1 Å². The molecule has 0 aliphatic heterocycles. The zero-order chi connectivity index (χ0) is 17.4. The predicted molar refractivity (Wildman–Crippen MR) is 98.8 cm³/mol. The van der Waals surface area contributed by atoms with Crippen LogP contribution in [-0.4, -0.2) is 13.2 Å². The topological polar surface area (TPSA) is 27.7 Å². The molecule has 3 nitrogen and oxygen atoms in total. The molecule has 0 aromatic heterocycles. The Bertz CT molecular complexity index is 678. The van der Waals surface area contributed by atoms with Crippen LogP contribution in [0.25, 0.3) is 0 Å². The zero-order valence-electron chi connectivity index (χ0n) is 13.7. The van der Waals surface area contributed by atoms with Crippen LogP contribution in [0.3, 0.4) is 0 Å². The number of aryl methyl sites for hydroxylation is 1. The van der Waals surface area contributed by atoms with Crippen molar-refractivity contribution in [3.05, 3.63) is 58.6 Å². The molecule has 0 saturated heterocycles. The van der Waals surface area contributed by atoms with E-state index in [4.69, 9.17) is 37.4 Å². The highest BCUT2D eigenvalue weighted by molar-refractivity contribution is 6.55. The summed E-state index contributed by atoms with van der Waals surface area (Å²) >= 11 is 11.2. The Labute approximate surface area is 152 Å². The van der Waals surface area contributed by atoms with Gasteiger partial charge in [-0.05, 0) is 67.4 Å². The first-order valence-electron chi connectivity index (χ1n) is 7.80. The van der Waals surface area contributed by atoms with E-state index in [1.807, 2.05) is 49.4 Å². The Kier molecular flexibility index (Phi) is 7.29. The Morgan fingerprint density at radius 2 is 1.58 bits per heavy atom. The van der Waals surface area contributed by atoms with Crippen molar-refractivity contribution in [2.24, 2.45) is 0 Å². The molecule has 2 aromatic carbocycles. The van der Waals surface area contributed by atoms with Crippen molar-refractivity contribution >= 4 is 23.2 Å². The Hall–Kier alpha value is -1.84. The maximum atomic E-state index is 5.89. The highest BCUT2D eigenvalue weighted by Gasteiger charge is 2.06. The van der Waals surface area contributed by atoms with E-state index in [2.05, 4.69) is 6.92 Å². The van der Waals surface area contributed by atoms with Gasteiger partial charge in [-0.25, -0.2) is 0 Å². The third kappa shape index (κ3) is 5.66. The lowest BCUT2D eigenvalue weighted by molar-refractivity contribution is 0.339. The predicted octanol–water partition coefficient (Wildman–Crippen LogP) is 6.14. The number of ether oxygens (including phenoxy) is 3. The molecule has 2 rings (SSSR count). The number of hydrogen-bond acceptors (Lipinski definition) is 3. The maximum absolute atomic E-state index is 5.89. The van der Waals surface area contributed by atoms with E-state index in [1.54, 1.807) is 6.08 Å². The molecule has 0 aliphatic carbocycles. The number of hydrogen-bond donors (Lipinski definition) is 0. The lowest BCUT2D eigenvalue weighted by Crippen LogP contribution is -1.98. The van der Waals surface area contributed by atoms with Gasteiger partial charge in [0.25, 0.3) is 0 Å². The van der Waals surface area contributed by atoms with Gasteiger partial charge >= 0.3 is 0 Å². The fourth-order valence-corrected chi connectivity index (χ4v) is 2.26. The van der Waals surface area contributed by atoms with Crippen molar-refractivity contribution in [2.75, 3.05) is 13.2 Å². The maximum Gasteiger partial charge on any atom is 0.127 e. The summed E-state index contributed by atoms with van der Waals surface area (Å²) in [5, 5.41) is 0. The highest BCUT2D eigenvalue weighted by atomic mass is 35.5. The molecule has 0 spiro atoms. The summed E-state index contributed by atoms with van der Waals surface area (Å²) in [6.07, 6.45) is 2.43. The van der Waals surface area contributed by atoms with E-state index in [9.17, 15) is 0 Å². The summed E-state index contributed by atoms with van der Waals surface area (Å²) in [6, 6.07) is 13.3. The van der Waals surface area contributed by atoms with Gasteiger partial charge in [0, 0.05) is 0 Å². The normalized spacial score (nSPS) is 10.2. The van der Waals surface area contributed by atoms with Gasteiger partial charge < -0.3 is 14.2 Å². The van der Waals surface area contributed by atoms with E-state index < -0.39 is 0 Å². The van der Waals surface area contributed by atoms with Crippen LogP contribution in [0.2, 0.25) is 0 Å². The smallest absolute Gasteiger partial charge is 0.127 e. The van der Waals surface area contributed by atoms with Gasteiger partial charge in [-0.15, -0.1) is 0 Å². The van der Waals surface area contributed by atoms with Crippen molar-refractivity contribution in [1.82, 2.24) is 0 Å². The minimum absolute atomic E-state index is 0.198. The Morgan fingerprint density at radius 3 is 2.21 bits per heavy atom. The summed E-state index contributed by atoms with van der Waals surface area (Å²) < 4.78 is 17.2. The first-order valence-corrected chi connectivity index (χ1v) is 8.55. The third-order valence-corrected chi connectivity index (χ3v) is 3.57. The summed E-state index contributed by atoms with van der Waals surface area (Å²) in [7, 11) is 0. The molecule has 2 aromatic rings. The van der Waals surface area contributed by atoms with E-state index in [0.717, 1.165) is 35.0 Å². The van der Waals surface area contributed by atoms with Crippen LogP contribution in [0.1, 0.15) is 19.4 Å². The molecule has 0 unspecified atom stereocenters. The van der Waals surface area contributed by atoms with Gasteiger partial charge in [-0.2, -0.15) is 0 Å². The molecule has 0 bridgehead atoms. The molecule has 24 heavy (non-hydrogen) atoms. The molecule has 0 fully saturated rings. The van der Waals surface area contributed by atoms with Crippen molar-refractivity contribution in [2.45, 2.75) is 20.3 Å². The first kappa shape index (κ1) is 18.5. The summed E-state index contributed by atoms with van der Waals surface area (Å²) in [4.78, 5) is 0. The molecule has 0 saturated carbocycles. The Balaban J connectivity index is 2.06. The molecule has 0 heterocycles. The van der Waals surface area contributed by atoms with E-state index >= 15 is 0 Å². The number of halogens is 2. The van der Waals surface area contributed by atoms with E-state index in [-0.39, 0.29) is 4.49 Å². The van der Waals surface area contributed by atoms with Crippen molar-refractivity contribution in [1.29, 1.82) is 0 Å². The molecule has 0 aliphatic rings. The molecule has 0 atom stereocenters. The van der Waals surface area contributed by atoms with Gasteiger partial charge in [0.2, 0.25) is 0 Å². The summed E-state index contributed by atoms with van der Waals surface area (Å²) in [5.41, 5.74) is 1.05. The van der Waals surface area contributed by atoms with Gasteiger partial charge in [0.1, 0.15) is 34.1 Å². The lowest BCUT2D eigenvalue weighted by Gasteiger charge is -2.12. The number of rotatable bonds is 8. The molecule has 0 N–H and O–H groups in total. The fourth-order valence-electron chi connectivity index (χ4n) is 2.14. The van der Waals surface area contributed by atoms with Crippen LogP contribution in [-0.2, 0) is 6.42 Å². The average Bonchev–Trinajstić information content (AvgIpc) is 2.57. The van der Waals surface area contributed by atoms with E-state index in [0.29, 0.717) is 13.2 Å². The van der Waals surface area contributed by atoms with Gasteiger partial charge in [-0.3, -0.25) is 0 Å². The van der Waals surface area contributed by atoms with Crippen molar-refractivity contribution < 1.29 is 14.2 Å². The van der Waals surface area contributed by atoms with Gasteiger partial charge in [0.05, 0.1) is 6.61 Å². The van der Waals surface area contributed by atoms with Crippen LogP contribution in [0.5, 0.6) is 23.0 Å². The minimum Gasteiger partial charge on any atom is -0.494 e. The molecule has 5 heteroatoms. The second kappa shape index (κ2) is 9.45. The number of benzene rings is 2. The van der Waals surface area contributed by atoms with Crippen LogP contribution >= 0.6 is 23.2 Å².